The summed E-state index contributed by atoms with van der Waals surface area (Å²) in [6.07, 6.45) is 4.03. The van der Waals surface area contributed by atoms with Gasteiger partial charge >= 0.3 is 5.97 Å². The summed E-state index contributed by atoms with van der Waals surface area (Å²) in [6.45, 7) is 6.49. The first kappa shape index (κ1) is 20.7. The van der Waals surface area contributed by atoms with Crippen molar-refractivity contribution in [3.63, 3.8) is 0 Å². The van der Waals surface area contributed by atoms with Crippen LogP contribution in [0.4, 0.5) is 5.69 Å². The fourth-order valence-corrected chi connectivity index (χ4v) is 4.33. The average molecular weight is 414 g/mol. The molecule has 2 aliphatic rings. The lowest BCUT2D eigenvalue weighted by atomic mass is 9.82. The molecule has 2 fully saturated rings. The number of hydrogen-bond acceptors (Lipinski definition) is 7. The first-order valence-corrected chi connectivity index (χ1v) is 10.9. The standard InChI is InChI=1S/C22H31N5O3/c1-3-29-22(28)20-21(24-25-23-20)30-19-10-6-17(7-11-19)16-4-8-18(9-5-16)27-14-12-26(2)13-15-27/h4-5,8-9,17,19H,3,6-7,10-15H2,1-2H3,(H,23,24,25)/t17-,19-. The van der Waals surface area contributed by atoms with Crippen LogP contribution in [0.1, 0.15) is 54.6 Å². The van der Waals surface area contributed by atoms with Gasteiger partial charge in [-0.25, -0.2) is 9.89 Å². The maximum atomic E-state index is 11.9. The Kier molecular flexibility index (Phi) is 6.52. The Balaban J connectivity index is 1.30. The van der Waals surface area contributed by atoms with Crippen molar-refractivity contribution in [2.75, 3.05) is 44.7 Å². The minimum Gasteiger partial charge on any atom is -0.472 e. The van der Waals surface area contributed by atoms with Gasteiger partial charge in [0, 0.05) is 31.9 Å². The molecule has 1 aromatic heterocycles. The zero-order chi connectivity index (χ0) is 20.9. The van der Waals surface area contributed by atoms with Gasteiger partial charge in [-0.05, 0) is 63.3 Å². The number of carbonyl (C=O) groups excluding carboxylic acids is 1. The van der Waals surface area contributed by atoms with Gasteiger partial charge in [0.2, 0.25) is 5.69 Å². The number of aromatic nitrogens is 3. The molecule has 8 heteroatoms. The highest BCUT2D eigenvalue weighted by Crippen LogP contribution is 2.35. The summed E-state index contributed by atoms with van der Waals surface area (Å²) in [7, 11) is 2.18. The number of piperazine rings is 1. The molecule has 4 rings (SSSR count). The Morgan fingerprint density at radius 1 is 1.10 bits per heavy atom. The Labute approximate surface area is 177 Å². The van der Waals surface area contributed by atoms with Gasteiger partial charge in [0.05, 0.1) is 6.61 Å². The zero-order valence-electron chi connectivity index (χ0n) is 17.8. The summed E-state index contributed by atoms with van der Waals surface area (Å²) < 4.78 is 11.0. The van der Waals surface area contributed by atoms with E-state index in [1.807, 2.05) is 0 Å². The largest absolute Gasteiger partial charge is 0.472 e. The van der Waals surface area contributed by atoms with Gasteiger partial charge in [0.15, 0.2) is 0 Å². The van der Waals surface area contributed by atoms with Crippen LogP contribution < -0.4 is 9.64 Å². The van der Waals surface area contributed by atoms with Crippen LogP contribution in [-0.4, -0.2) is 72.2 Å². The first-order chi connectivity index (χ1) is 14.6. The Morgan fingerprint density at radius 2 is 1.80 bits per heavy atom. The van der Waals surface area contributed by atoms with Gasteiger partial charge in [-0.1, -0.05) is 22.4 Å². The molecule has 30 heavy (non-hydrogen) atoms. The number of likely N-dealkylation sites (N-methyl/N-ethyl adjacent to an activating group) is 1. The molecule has 1 saturated carbocycles. The van der Waals surface area contributed by atoms with Crippen LogP contribution in [0.25, 0.3) is 0 Å². The lowest BCUT2D eigenvalue weighted by molar-refractivity contribution is 0.0508. The summed E-state index contributed by atoms with van der Waals surface area (Å²) in [5, 5.41) is 10.2. The van der Waals surface area contributed by atoms with Crippen LogP contribution in [0.15, 0.2) is 24.3 Å². The van der Waals surface area contributed by atoms with Crippen LogP contribution in [0.3, 0.4) is 0 Å². The highest BCUT2D eigenvalue weighted by molar-refractivity contribution is 5.89. The van der Waals surface area contributed by atoms with Gasteiger partial charge in [-0.3, -0.25) is 0 Å². The molecule has 0 unspecified atom stereocenters. The number of esters is 1. The third kappa shape index (κ3) is 4.75. The molecule has 0 radical (unpaired) electrons. The molecule has 2 heterocycles. The highest BCUT2D eigenvalue weighted by Gasteiger charge is 2.27. The number of H-pyrrole nitrogens is 1. The fraction of sp³-hybridized carbons (Fsp3) is 0.591. The van der Waals surface area contributed by atoms with E-state index in [2.05, 4.69) is 56.5 Å². The highest BCUT2D eigenvalue weighted by atomic mass is 16.5. The van der Waals surface area contributed by atoms with E-state index >= 15 is 0 Å². The molecule has 1 aromatic carbocycles. The zero-order valence-corrected chi connectivity index (χ0v) is 17.8. The SMILES string of the molecule is CCOC(=O)c1[nH]nnc1O[C@H]1CC[C@H](c2ccc(N3CCN(C)CC3)cc2)CC1. The van der Waals surface area contributed by atoms with E-state index in [-0.39, 0.29) is 17.7 Å². The Morgan fingerprint density at radius 3 is 2.47 bits per heavy atom. The Hall–Kier alpha value is -2.61. The van der Waals surface area contributed by atoms with Gasteiger partial charge in [0.25, 0.3) is 5.88 Å². The van der Waals surface area contributed by atoms with E-state index in [0.717, 1.165) is 51.9 Å². The van der Waals surface area contributed by atoms with Crippen molar-refractivity contribution < 1.29 is 14.3 Å². The predicted molar refractivity (Wildman–Crippen MR) is 114 cm³/mol. The number of rotatable bonds is 6. The smallest absolute Gasteiger partial charge is 0.362 e. The van der Waals surface area contributed by atoms with Crippen molar-refractivity contribution in [2.45, 2.75) is 44.6 Å². The molecular formula is C22H31N5O3. The first-order valence-electron chi connectivity index (χ1n) is 10.9. The van der Waals surface area contributed by atoms with Crippen LogP contribution in [0, 0.1) is 0 Å². The number of hydrogen-bond donors (Lipinski definition) is 1. The Bertz CT molecular complexity index is 822. The summed E-state index contributed by atoms with van der Waals surface area (Å²) in [6, 6.07) is 9.11. The summed E-state index contributed by atoms with van der Waals surface area (Å²) >= 11 is 0. The molecule has 1 aliphatic carbocycles. The number of nitrogens with zero attached hydrogens (tertiary/aromatic N) is 4. The summed E-state index contributed by atoms with van der Waals surface area (Å²) in [5.74, 6) is 0.313. The maximum Gasteiger partial charge on any atom is 0.362 e. The van der Waals surface area contributed by atoms with Crippen LogP contribution >= 0.6 is 0 Å². The topological polar surface area (TPSA) is 83.6 Å². The minimum absolute atomic E-state index is 0.0455. The molecular weight excluding hydrogens is 382 g/mol. The van der Waals surface area contributed by atoms with Crippen LogP contribution in [0.5, 0.6) is 5.88 Å². The quantitative estimate of drug-likeness (QED) is 0.729. The molecule has 1 aliphatic heterocycles. The van der Waals surface area contributed by atoms with E-state index in [0.29, 0.717) is 12.5 Å². The molecule has 0 bridgehead atoms. The number of nitrogens with one attached hydrogen (secondary N) is 1. The second kappa shape index (κ2) is 9.47. The van der Waals surface area contributed by atoms with Crippen molar-refractivity contribution in [3.8, 4) is 5.88 Å². The third-order valence-corrected chi connectivity index (χ3v) is 6.18. The van der Waals surface area contributed by atoms with Gasteiger partial charge in [-0.2, -0.15) is 0 Å². The lowest BCUT2D eigenvalue weighted by Crippen LogP contribution is -2.44. The van der Waals surface area contributed by atoms with E-state index in [1.54, 1.807) is 6.92 Å². The van der Waals surface area contributed by atoms with Crippen LogP contribution in [-0.2, 0) is 4.74 Å². The fourth-order valence-electron chi connectivity index (χ4n) is 4.33. The van der Waals surface area contributed by atoms with E-state index < -0.39 is 5.97 Å². The van der Waals surface area contributed by atoms with Crippen molar-refractivity contribution >= 4 is 11.7 Å². The van der Waals surface area contributed by atoms with E-state index in [1.165, 1.54) is 11.3 Å². The lowest BCUT2D eigenvalue weighted by Gasteiger charge is -2.34. The average Bonchev–Trinajstić information content (AvgIpc) is 3.23. The molecule has 8 nitrogen and oxygen atoms in total. The normalized spacial score (nSPS) is 22.7. The molecule has 2 aromatic rings. The number of anilines is 1. The van der Waals surface area contributed by atoms with Crippen LogP contribution in [0.2, 0.25) is 0 Å². The summed E-state index contributed by atoms with van der Waals surface area (Å²) in [5.41, 5.74) is 2.92. The van der Waals surface area contributed by atoms with Crippen molar-refractivity contribution in [2.24, 2.45) is 0 Å². The third-order valence-electron chi connectivity index (χ3n) is 6.18. The van der Waals surface area contributed by atoms with E-state index in [4.69, 9.17) is 9.47 Å². The van der Waals surface area contributed by atoms with E-state index in [9.17, 15) is 4.79 Å². The second-order valence-electron chi connectivity index (χ2n) is 8.19. The monoisotopic (exact) mass is 413 g/mol. The number of ether oxygens (including phenoxy) is 2. The van der Waals surface area contributed by atoms with Gasteiger partial charge < -0.3 is 19.3 Å². The molecule has 1 N–H and O–H groups in total. The summed E-state index contributed by atoms with van der Waals surface area (Å²) in [4.78, 5) is 16.8. The molecule has 162 valence electrons. The number of carbonyl (C=O) groups is 1. The second-order valence-corrected chi connectivity index (χ2v) is 8.19. The van der Waals surface area contributed by atoms with Gasteiger partial charge in [0.1, 0.15) is 6.10 Å². The minimum atomic E-state index is -0.480. The molecule has 0 spiro atoms. The van der Waals surface area contributed by atoms with Crippen molar-refractivity contribution in [1.82, 2.24) is 20.3 Å². The number of aromatic amines is 1. The molecule has 0 atom stereocenters. The van der Waals surface area contributed by atoms with Crippen molar-refractivity contribution in [1.29, 1.82) is 0 Å². The molecule has 0 amide bonds. The molecule has 1 saturated heterocycles. The predicted octanol–water partition coefficient (Wildman–Crippen LogP) is 2.84. The maximum absolute atomic E-state index is 11.9. The number of benzene rings is 1. The van der Waals surface area contributed by atoms with Crippen molar-refractivity contribution in [3.05, 3.63) is 35.5 Å². The van der Waals surface area contributed by atoms with Gasteiger partial charge in [-0.15, -0.1) is 0 Å².